The van der Waals surface area contributed by atoms with E-state index in [2.05, 4.69) is 5.32 Å². The Morgan fingerprint density at radius 3 is 2.28 bits per heavy atom. The number of nitrogens with zero attached hydrogens (tertiary/aromatic N) is 1. The highest BCUT2D eigenvalue weighted by Gasteiger charge is 2.22. The van der Waals surface area contributed by atoms with Crippen LogP contribution in [0.15, 0.2) is 0 Å². The summed E-state index contributed by atoms with van der Waals surface area (Å²) in [6, 6.07) is -0.337. The Labute approximate surface area is 110 Å². The van der Waals surface area contributed by atoms with Crippen LogP contribution in [-0.4, -0.2) is 47.6 Å². The van der Waals surface area contributed by atoms with Crippen molar-refractivity contribution in [2.75, 3.05) is 19.7 Å². The van der Waals surface area contributed by atoms with Gasteiger partial charge in [-0.25, -0.2) is 0 Å². The molecule has 0 spiro atoms. The van der Waals surface area contributed by atoms with Gasteiger partial charge in [0, 0.05) is 13.1 Å². The highest BCUT2D eigenvalue weighted by molar-refractivity contribution is 6.35. The van der Waals surface area contributed by atoms with Crippen LogP contribution < -0.4 is 5.32 Å². The molecule has 2 amide bonds. The van der Waals surface area contributed by atoms with E-state index in [0.29, 0.717) is 19.5 Å². The number of unbranched alkanes of at least 4 members (excludes halogenated alkanes) is 1. The van der Waals surface area contributed by atoms with Crippen molar-refractivity contribution in [1.82, 2.24) is 10.2 Å². The molecular formula is C13H26N2O3. The van der Waals surface area contributed by atoms with E-state index in [1.807, 2.05) is 20.8 Å². The van der Waals surface area contributed by atoms with Gasteiger partial charge in [-0.2, -0.15) is 0 Å². The number of carbonyl (C=O) groups excluding carboxylic acids is 2. The zero-order valence-corrected chi connectivity index (χ0v) is 11.7. The van der Waals surface area contributed by atoms with Crippen LogP contribution in [0.25, 0.3) is 0 Å². The quantitative estimate of drug-likeness (QED) is 0.636. The highest BCUT2D eigenvalue weighted by Crippen LogP contribution is 1.99. The van der Waals surface area contributed by atoms with E-state index >= 15 is 0 Å². The standard InChI is InChI=1S/C13H26N2O3/c1-4-7-9-15(8-5-2)13(18)12(17)14-11(6-3)10-16/h11,16H,4-10H2,1-3H3,(H,14,17). The molecule has 5 nitrogen and oxygen atoms in total. The Balaban J connectivity index is 4.40. The molecule has 18 heavy (non-hydrogen) atoms. The van der Waals surface area contributed by atoms with Gasteiger partial charge in [-0.3, -0.25) is 9.59 Å². The lowest BCUT2D eigenvalue weighted by atomic mass is 10.2. The second-order valence-corrected chi connectivity index (χ2v) is 4.41. The van der Waals surface area contributed by atoms with Gasteiger partial charge in [0.05, 0.1) is 12.6 Å². The van der Waals surface area contributed by atoms with Crippen molar-refractivity contribution in [2.24, 2.45) is 0 Å². The Hall–Kier alpha value is -1.10. The number of carbonyl (C=O) groups is 2. The van der Waals surface area contributed by atoms with E-state index in [4.69, 9.17) is 5.11 Å². The van der Waals surface area contributed by atoms with Crippen molar-refractivity contribution in [2.45, 2.75) is 52.5 Å². The first-order valence-electron chi connectivity index (χ1n) is 6.81. The third-order valence-corrected chi connectivity index (χ3v) is 2.80. The summed E-state index contributed by atoms with van der Waals surface area (Å²) in [6.45, 7) is 6.96. The average Bonchev–Trinajstić information content (AvgIpc) is 2.39. The van der Waals surface area contributed by atoms with Crippen LogP contribution in [0.4, 0.5) is 0 Å². The maximum absolute atomic E-state index is 11.9. The normalized spacial score (nSPS) is 12.0. The Kier molecular flexibility index (Phi) is 9.28. The van der Waals surface area contributed by atoms with Gasteiger partial charge in [-0.05, 0) is 19.3 Å². The molecule has 0 aliphatic carbocycles. The lowest BCUT2D eigenvalue weighted by Crippen LogP contribution is -2.47. The number of aliphatic hydroxyl groups excluding tert-OH is 1. The van der Waals surface area contributed by atoms with Crippen molar-refractivity contribution in [3.63, 3.8) is 0 Å². The molecule has 106 valence electrons. The molecule has 0 radical (unpaired) electrons. The van der Waals surface area contributed by atoms with E-state index in [-0.39, 0.29) is 12.6 Å². The molecule has 0 aromatic heterocycles. The third-order valence-electron chi connectivity index (χ3n) is 2.80. The van der Waals surface area contributed by atoms with Crippen LogP contribution in [0.2, 0.25) is 0 Å². The van der Waals surface area contributed by atoms with Crippen molar-refractivity contribution < 1.29 is 14.7 Å². The summed E-state index contributed by atoms with van der Waals surface area (Å²) in [6.07, 6.45) is 3.33. The van der Waals surface area contributed by atoms with Crippen molar-refractivity contribution in [3.05, 3.63) is 0 Å². The SMILES string of the molecule is CCCCN(CCC)C(=O)C(=O)NC(CC)CO. The van der Waals surface area contributed by atoms with Gasteiger partial charge in [-0.15, -0.1) is 0 Å². The monoisotopic (exact) mass is 258 g/mol. The van der Waals surface area contributed by atoms with Crippen LogP contribution in [0.5, 0.6) is 0 Å². The number of rotatable bonds is 8. The number of hydrogen-bond acceptors (Lipinski definition) is 3. The first-order valence-corrected chi connectivity index (χ1v) is 6.81. The zero-order chi connectivity index (χ0) is 14.0. The molecule has 0 aromatic carbocycles. The molecule has 5 heteroatoms. The smallest absolute Gasteiger partial charge is 0.311 e. The number of hydrogen-bond donors (Lipinski definition) is 2. The van der Waals surface area contributed by atoms with Crippen molar-refractivity contribution in [3.8, 4) is 0 Å². The first kappa shape index (κ1) is 16.9. The molecule has 0 saturated heterocycles. The van der Waals surface area contributed by atoms with Gasteiger partial charge in [0.25, 0.3) is 0 Å². The summed E-state index contributed by atoms with van der Waals surface area (Å²) < 4.78 is 0. The van der Waals surface area contributed by atoms with Gasteiger partial charge < -0.3 is 15.3 Å². The molecule has 0 bridgehead atoms. The van der Waals surface area contributed by atoms with E-state index in [0.717, 1.165) is 19.3 Å². The summed E-state index contributed by atoms with van der Waals surface area (Å²) >= 11 is 0. The van der Waals surface area contributed by atoms with Gasteiger partial charge in [-0.1, -0.05) is 27.2 Å². The Morgan fingerprint density at radius 1 is 1.17 bits per heavy atom. The summed E-state index contributed by atoms with van der Waals surface area (Å²) in [5, 5.41) is 11.6. The lowest BCUT2D eigenvalue weighted by Gasteiger charge is -2.22. The summed E-state index contributed by atoms with van der Waals surface area (Å²) in [4.78, 5) is 25.3. The minimum Gasteiger partial charge on any atom is -0.394 e. The van der Waals surface area contributed by atoms with Crippen LogP contribution in [0, 0.1) is 0 Å². The van der Waals surface area contributed by atoms with E-state index in [1.165, 1.54) is 0 Å². The summed E-state index contributed by atoms with van der Waals surface area (Å²) in [7, 11) is 0. The summed E-state index contributed by atoms with van der Waals surface area (Å²) in [5.74, 6) is -1.10. The molecule has 1 unspecified atom stereocenters. The van der Waals surface area contributed by atoms with Gasteiger partial charge in [0.1, 0.15) is 0 Å². The van der Waals surface area contributed by atoms with Crippen LogP contribution >= 0.6 is 0 Å². The number of aliphatic hydroxyl groups is 1. The van der Waals surface area contributed by atoms with Crippen LogP contribution in [0.1, 0.15) is 46.5 Å². The van der Waals surface area contributed by atoms with E-state index in [1.54, 1.807) is 4.90 Å². The molecule has 0 aliphatic heterocycles. The maximum atomic E-state index is 11.9. The molecule has 0 aliphatic rings. The fraction of sp³-hybridized carbons (Fsp3) is 0.846. The molecule has 1 atom stereocenters. The topological polar surface area (TPSA) is 69.6 Å². The molecule has 0 saturated carbocycles. The van der Waals surface area contributed by atoms with Crippen molar-refractivity contribution in [1.29, 1.82) is 0 Å². The van der Waals surface area contributed by atoms with Gasteiger partial charge in [0.15, 0.2) is 0 Å². The minimum absolute atomic E-state index is 0.141. The zero-order valence-electron chi connectivity index (χ0n) is 11.7. The molecule has 0 rings (SSSR count). The van der Waals surface area contributed by atoms with Gasteiger partial charge in [0.2, 0.25) is 0 Å². The number of nitrogens with one attached hydrogen (secondary N) is 1. The maximum Gasteiger partial charge on any atom is 0.311 e. The molecule has 0 fully saturated rings. The largest absolute Gasteiger partial charge is 0.394 e. The molecular weight excluding hydrogens is 232 g/mol. The highest BCUT2D eigenvalue weighted by atomic mass is 16.3. The Bertz CT molecular complexity index is 253. The summed E-state index contributed by atoms with van der Waals surface area (Å²) in [5.41, 5.74) is 0. The lowest BCUT2D eigenvalue weighted by molar-refractivity contribution is -0.146. The van der Waals surface area contributed by atoms with E-state index < -0.39 is 11.8 Å². The van der Waals surface area contributed by atoms with Crippen LogP contribution in [-0.2, 0) is 9.59 Å². The predicted octanol–water partition coefficient (Wildman–Crippen LogP) is 0.912. The second-order valence-electron chi connectivity index (χ2n) is 4.41. The van der Waals surface area contributed by atoms with E-state index in [9.17, 15) is 9.59 Å². The third kappa shape index (κ3) is 6.00. The van der Waals surface area contributed by atoms with Gasteiger partial charge >= 0.3 is 11.8 Å². The number of amides is 2. The fourth-order valence-electron chi connectivity index (χ4n) is 1.60. The molecule has 2 N–H and O–H groups in total. The fourth-order valence-corrected chi connectivity index (χ4v) is 1.60. The van der Waals surface area contributed by atoms with Crippen LogP contribution in [0.3, 0.4) is 0 Å². The average molecular weight is 258 g/mol. The predicted molar refractivity (Wildman–Crippen MR) is 71.1 cm³/mol. The Morgan fingerprint density at radius 2 is 1.83 bits per heavy atom. The first-order chi connectivity index (χ1) is 8.60. The van der Waals surface area contributed by atoms with Crippen molar-refractivity contribution >= 4 is 11.8 Å². The molecule has 0 aromatic rings. The minimum atomic E-state index is -0.611. The second kappa shape index (κ2) is 9.88. The molecule has 0 heterocycles.